The Hall–Kier alpha value is -2.34. The van der Waals surface area contributed by atoms with Gasteiger partial charge in [-0.15, -0.1) is 0 Å². The van der Waals surface area contributed by atoms with E-state index in [4.69, 9.17) is 5.73 Å². The predicted molar refractivity (Wildman–Crippen MR) is 92.1 cm³/mol. The van der Waals surface area contributed by atoms with Crippen LogP contribution in [0.4, 0.5) is 13.2 Å². The SMILES string of the molecule is NC1CN(C(=O)C2CC2c2ccccc2-c2c(F)cccc2F)CC1F. The lowest BCUT2D eigenvalue weighted by molar-refractivity contribution is -0.131. The number of carbonyl (C=O) groups is 1. The summed E-state index contributed by atoms with van der Waals surface area (Å²) in [6, 6.07) is 10.1. The summed E-state index contributed by atoms with van der Waals surface area (Å²) >= 11 is 0. The van der Waals surface area contributed by atoms with Gasteiger partial charge < -0.3 is 10.6 Å². The van der Waals surface area contributed by atoms with E-state index in [0.717, 1.165) is 5.56 Å². The number of amides is 1. The highest BCUT2D eigenvalue weighted by atomic mass is 19.1. The largest absolute Gasteiger partial charge is 0.338 e. The van der Waals surface area contributed by atoms with Crippen LogP contribution in [0.3, 0.4) is 0 Å². The average Bonchev–Trinajstić information content (AvgIpc) is 3.34. The third-order valence-corrected chi connectivity index (χ3v) is 5.30. The highest BCUT2D eigenvalue weighted by Gasteiger charge is 2.48. The average molecular weight is 360 g/mol. The van der Waals surface area contributed by atoms with E-state index in [2.05, 4.69) is 0 Å². The van der Waals surface area contributed by atoms with Crippen LogP contribution in [0.25, 0.3) is 11.1 Å². The molecule has 136 valence electrons. The molecule has 2 fully saturated rings. The molecule has 2 N–H and O–H groups in total. The van der Waals surface area contributed by atoms with Crippen molar-refractivity contribution in [3.8, 4) is 11.1 Å². The number of halogens is 3. The maximum atomic E-state index is 14.2. The number of rotatable bonds is 3. The third kappa shape index (κ3) is 2.88. The van der Waals surface area contributed by atoms with Crippen LogP contribution in [0.5, 0.6) is 0 Å². The molecule has 0 spiro atoms. The molecule has 1 saturated carbocycles. The minimum Gasteiger partial charge on any atom is -0.338 e. The number of benzene rings is 2. The van der Waals surface area contributed by atoms with Crippen LogP contribution in [0.2, 0.25) is 0 Å². The Balaban J connectivity index is 1.60. The van der Waals surface area contributed by atoms with Crippen LogP contribution in [0, 0.1) is 17.6 Å². The maximum absolute atomic E-state index is 14.2. The van der Waals surface area contributed by atoms with Gasteiger partial charge in [0, 0.05) is 12.5 Å². The fourth-order valence-electron chi connectivity index (χ4n) is 3.82. The summed E-state index contributed by atoms with van der Waals surface area (Å²) in [5.41, 5.74) is 6.79. The Morgan fingerprint density at radius 3 is 2.38 bits per heavy atom. The van der Waals surface area contributed by atoms with E-state index in [-0.39, 0.29) is 36.4 Å². The van der Waals surface area contributed by atoms with Crippen LogP contribution in [0.1, 0.15) is 17.9 Å². The lowest BCUT2D eigenvalue weighted by atomic mass is 9.95. The molecule has 1 saturated heterocycles. The monoisotopic (exact) mass is 360 g/mol. The molecule has 4 atom stereocenters. The van der Waals surface area contributed by atoms with E-state index >= 15 is 0 Å². The summed E-state index contributed by atoms with van der Waals surface area (Å²) in [5, 5.41) is 0. The zero-order valence-corrected chi connectivity index (χ0v) is 14.0. The summed E-state index contributed by atoms with van der Waals surface area (Å²) < 4.78 is 42.0. The standard InChI is InChI=1S/C20H19F3N2O/c21-15-6-3-7-16(22)19(15)12-5-2-1-4-11(12)13-8-14(13)20(26)25-9-17(23)18(24)10-25/h1-7,13-14,17-18H,8-10,24H2. The first kappa shape index (κ1) is 17.1. The molecule has 4 unspecified atom stereocenters. The molecule has 0 radical (unpaired) electrons. The summed E-state index contributed by atoms with van der Waals surface area (Å²) in [6.45, 7) is 0.236. The number of carbonyl (C=O) groups excluding carboxylic acids is 1. The molecule has 2 aromatic carbocycles. The zero-order chi connectivity index (χ0) is 18.4. The molecular formula is C20H19F3N2O. The van der Waals surface area contributed by atoms with E-state index in [1.165, 1.54) is 23.1 Å². The van der Waals surface area contributed by atoms with Gasteiger partial charge in [-0.05, 0) is 35.6 Å². The van der Waals surface area contributed by atoms with Gasteiger partial charge in [-0.1, -0.05) is 30.3 Å². The molecular weight excluding hydrogens is 341 g/mol. The molecule has 1 heterocycles. The number of nitrogens with zero attached hydrogens (tertiary/aromatic N) is 1. The van der Waals surface area contributed by atoms with Crippen molar-refractivity contribution >= 4 is 5.91 Å². The van der Waals surface area contributed by atoms with Gasteiger partial charge in [-0.3, -0.25) is 4.79 Å². The Labute approximate surface area is 149 Å². The summed E-state index contributed by atoms with van der Waals surface area (Å²) in [7, 11) is 0. The summed E-state index contributed by atoms with van der Waals surface area (Å²) in [4.78, 5) is 14.1. The topological polar surface area (TPSA) is 46.3 Å². The van der Waals surface area contributed by atoms with Gasteiger partial charge in [0.05, 0.1) is 18.2 Å². The maximum Gasteiger partial charge on any atom is 0.226 e. The fraction of sp³-hybridized carbons (Fsp3) is 0.350. The van der Waals surface area contributed by atoms with Crippen LogP contribution in [-0.4, -0.2) is 36.1 Å². The van der Waals surface area contributed by atoms with Gasteiger partial charge in [0.1, 0.15) is 17.8 Å². The number of hydrogen-bond donors (Lipinski definition) is 1. The minimum absolute atomic E-state index is 0.0206. The van der Waals surface area contributed by atoms with Crippen molar-refractivity contribution in [1.29, 1.82) is 0 Å². The van der Waals surface area contributed by atoms with Crippen molar-refractivity contribution < 1.29 is 18.0 Å². The van der Waals surface area contributed by atoms with E-state index in [0.29, 0.717) is 12.0 Å². The second-order valence-electron chi connectivity index (χ2n) is 7.06. The Kier molecular flexibility index (Phi) is 4.23. The second-order valence-corrected chi connectivity index (χ2v) is 7.06. The Bertz CT molecular complexity index is 826. The summed E-state index contributed by atoms with van der Waals surface area (Å²) in [6.07, 6.45) is -0.606. The predicted octanol–water partition coefficient (Wildman–Crippen LogP) is 3.24. The molecule has 1 aliphatic carbocycles. The van der Waals surface area contributed by atoms with Crippen molar-refractivity contribution in [2.45, 2.75) is 24.6 Å². The molecule has 1 aliphatic heterocycles. The lowest BCUT2D eigenvalue weighted by Crippen LogP contribution is -2.33. The zero-order valence-electron chi connectivity index (χ0n) is 14.0. The highest BCUT2D eigenvalue weighted by Crippen LogP contribution is 2.51. The molecule has 0 bridgehead atoms. The minimum atomic E-state index is -1.20. The molecule has 1 amide bonds. The van der Waals surface area contributed by atoms with Gasteiger partial charge in [0.25, 0.3) is 0 Å². The molecule has 2 aliphatic rings. The van der Waals surface area contributed by atoms with Crippen LogP contribution >= 0.6 is 0 Å². The van der Waals surface area contributed by atoms with Crippen LogP contribution in [-0.2, 0) is 4.79 Å². The van der Waals surface area contributed by atoms with E-state index in [1.807, 2.05) is 0 Å². The van der Waals surface area contributed by atoms with Gasteiger partial charge >= 0.3 is 0 Å². The number of likely N-dealkylation sites (tertiary alicyclic amines) is 1. The normalized spacial score (nSPS) is 27.6. The molecule has 2 aromatic rings. The van der Waals surface area contributed by atoms with E-state index in [1.54, 1.807) is 24.3 Å². The van der Waals surface area contributed by atoms with Crippen molar-refractivity contribution in [3.63, 3.8) is 0 Å². The first-order valence-corrected chi connectivity index (χ1v) is 8.69. The van der Waals surface area contributed by atoms with Gasteiger partial charge in [0.15, 0.2) is 0 Å². The fourth-order valence-corrected chi connectivity index (χ4v) is 3.82. The van der Waals surface area contributed by atoms with Crippen LogP contribution < -0.4 is 5.73 Å². The lowest BCUT2D eigenvalue weighted by Gasteiger charge is -2.16. The van der Waals surface area contributed by atoms with Gasteiger partial charge in [0.2, 0.25) is 5.91 Å². The van der Waals surface area contributed by atoms with Gasteiger partial charge in [-0.2, -0.15) is 0 Å². The Morgan fingerprint density at radius 1 is 1.04 bits per heavy atom. The van der Waals surface area contributed by atoms with Crippen molar-refractivity contribution in [1.82, 2.24) is 4.90 Å². The Morgan fingerprint density at radius 2 is 1.73 bits per heavy atom. The van der Waals surface area contributed by atoms with Gasteiger partial charge in [-0.25, -0.2) is 13.2 Å². The van der Waals surface area contributed by atoms with Crippen LogP contribution in [0.15, 0.2) is 42.5 Å². The molecule has 4 rings (SSSR count). The molecule has 6 heteroatoms. The van der Waals surface area contributed by atoms with Crippen molar-refractivity contribution in [3.05, 3.63) is 59.7 Å². The first-order chi connectivity index (χ1) is 12.5. The number of hydrogen-bond acceptors (Lipinski definition) is 2. The summed E-state index contributed by atoms with van der Waals surface area (Å²) in [5.74, 6) is -1.80. The molecule has 0 aromatic heterocycles. The quantitative estimate of drug-likeness (QED) is 0.913. The number of nitrogens with two attached hydrogens (primary N) is 1. The second kappa shape index (κ2) is 6.43. The molecule has 26 heavy (non-hydrogen) atoms. The molecule has 3 nitrogen and oxygen atoms in total. The van der Waals surface area contributed by atoms with Crippen molar-refractivity contribution in [2.24, 2.45) is 11.7 Å². The first-order valence-electron chi connectivity index (χ1n) is 8.69. The van der Waals surface area contributed by atoms with E-state index < -0.39 is 23.8 Å². The smallest absolute Gasteiger partial charge is 0.226 e. The highest BCUT2D eigenvalue weighted by molar-refractivity contribution is 5.84. The third-order valence-electron chi connectivity index (χ3n) is 5.30. The van der Waals surface area contributed by atoms with E-state index in [9.17, 15) is 18.0 Å². The number of alkyl halides is 1. The van der Waals surface area contributed by atoms with Crippen molar-refractivity contribution in [2.75, 3.05) is 13.1 Å².